The van der Waals surface area contributed by atoms with Crippen molar-refractivity contribution in [2.45, 2.75) is 12.1 Å². The van der Waals surface area contributed by atoms with Gasteiger partial charge in [-0.2, -0.15) is 0 Å². The van der Waals surface area contributed by atoms with Crippen LogP contribution in [0.2, 0.25) is 5.15 Å². The lowest BCUT2D eigenvalue weighted by Crippen LogP contribution is -2.38. The first-order valence-corrected chi connectivity index (χ1v) is 7.27. The van der Waals surface area contributed by atoms with E-state index in [0.717, 1.165) is 5.82 Å². The highest BCUT2D eigenvalue weighted by Crippen LogP contribution is 2.18. The summed E-state index contributed by atoms with van der Waals surface area (Å²) in [6, 6.07) is 5.80. The summed E-state index contributed by atoms with van der Waals surface area (Å²) in [5.74, 6) is 0.744. The number of anilines is 1. The van der Waals surface area contributed by atoms with Gasteiger partial charge < -0.3 is 25.8 Å². The van der Waals surface area contributed by atoms with Gasteiger partial charge in [0.15, 0.2) is 0 Å². The lowest BCUT2D eigenvalue weighted by Gasteiger charge is -2.26. The van der Waals surface area contributed by atoms with Gasteiger partial charge in [-0.05, 0) is 12.1 Å². The van der Waals surface area contributed by atoms with Crippen LogP contribution in [-0.4, -0.2) is 55.4 Å². The Balaban J connectivity index is 1.75. The molecule has 0 saturated carbocycles. The van der Waals surface area contributed by atoms with E-state index in [-0.39, 0.29) is 24.1 Å². The van der Waals surface area contributed by atoms with Gasteiger partial charge in [0.2, 0.25) is 0 Å². The zero-order chi connectivity index (χ0) is 15.5. The summed E-state index contributed by atoms with van der Waals surface area (Å²) in [6.45, 7) is 2.10. The Morgan fingerprint density at radius 3 is 2.14 bits per heavy atom. The third-order valence-electron chi connectivity index (χ3n) is 3.35. The number of nitrogens with two attached hydrogens (primary N) is 2. The highest BCUT2D eigenvalue weighted by atomic mass is 35.5. The molecule has 3 rings (SSSR count). The van der Waals surface area contributed by atoms with Crippen LogP contribution in [0, 0.1) is 0 Å². The number of hydrogen-bond donors (Lipinski definition) is 2. The Labute approximate surface area is 132 Å². The Morgan fingerprint density at radius 2 is 1.68 bits per heavy atom. The summed E-state index contributed by atoms with van der Waals surface area (Å²) in [4.78, 5) is 14.9. The number of hydrogen-bond acceptors (Lipinski definition) is 8. The van der Waals surface area contributed by atoms with E-state index in [2.05, 4.69) is 15.0 Å². The van der Waals surface area contributed by atoms with Gasteiger partial charge in [-0.25, -0.2) is 15.0 Å². The van der Waals surface area contributed by atoms with Crippen LogP contribution in [0.25, 0.3) is 0 Å². The topological polar surface area (TPSA) is 111 Å². The van der Waals surface area contributed by atoms with Crippen molar-refractivity contribution < 1.29 is 9.47 Å². The summed E-state index contributed by atoms with van der Waals surface area (Å²) in [7, 11) is 0. The number of aliphatic imine (C=N–C) groups is 2. The molecule has 22 heavy (non-hydrogen) atoms. The van der Waals surface area contributed by atoms with Gasteiger partial charge in [0.05, 0.1) is 0 Å². The molecule has 8 nitrogen and oxygen atoms in total. The van der Waals surface area contributed by atoms with E-state index in [9.17, 15) is 0 Å². The number of rotatable bonds is 5. The van der Waals surface area contributed by atoms with Crippen LogP contribution in [0.5, 0.6) is 0 Å². The zero-order valence-corrected chi connectivity index (χ0v) is 12.6. The van der Waals surface area contributed by atoms with Gasteiger partial charge in [-0.15, -0.1) is 0 Å². The lowest BCUT2D eigenvalue weighted by molar-refractivity contribution is 0.304. The van der Waals surface area contributed by atoms with Crippen molar-refractivity contribution >= 4 is 29.5 Å². The molecule has 0 bridgehead atoms. The van der Waals surface area contributed by atoms with Gasteiger partial charge in [-0.1, -0.05) is 17.7 Å². The molecule has 0 aromatic carbocycles. The van der Waals surface area contributed by atoms with Crippen LogP contribution in [0.4, 0.5) is 5.82 Å². The molecule has 9 heteroatoms. The van der Waals surface area contributed by atoms with Crippen molar-refractivity contribution in [2.75, 3.05) is 31.2 Å². The molecule has 2 atom stereocenters. The van der Waals surface area contributed by atoms with Crippen molar-refractivity contribution in [1.29, 1.82) is 0 Å². The highest BCUT2D eigenvalue weighted by Gasteiger charge is 2.25. The Morgan fingerprint density at radius 1 is 1.09 bits per heavy atom. The van der Waals surface area contributed by atoms with E-state index in [1.54, 1.807) is 6.07 Å². The highest BCUT2D eigenvalue weighted by molar-refractivity contribution is 6.29. The maximum Gasteiger partial charge on any atom is 0.282 e. The Bertz CT molecular complexity index is 578. The fraction of sp³-hybridized carbons (Fsp3) is 0.462. The first kappa shape index (κ1) is 14.7. The van der Waals surface area contributed by atoms with Gasteiger partial charge >= 0.3 is 0 Å². The van der Waals surface area contributed by atoms with Crippen LogP contribution >= 0.6 is 11.6 Å². The molecule has 0 spiro atoms. The summed E-state index contributed by atoms with van der Waals surface area (Å²) < 4.78 is 10.4. The third kappa shape index (κ3) is 3.51. The maximum atomic E-state index is 5.99. The van der Waals surface area contributed by atoms with E-state index in [4.69, 9.17) is 32.5 Å². The molecule has 0 radical (unpaired) electrons. The number of amidine groups is 2. The van der Waals surface area contributed by atoms with Crippen molar-refractivity contribution in [2.24, 2.45) is 21.5 Å². The summed E-state index contributed by atoms with van der Waals surface area (Å²) in [6.07, 6.45) is 0. The number of ether oxygens (including phenoxy) is 2. The molecule has 118 valence electrons. The number of halogens is 1. The summed E-state index contributed by atoms with van der Waals surface area (Å²) in [5, 5.41) is 0.430. The quantitative estimate of drug-likeness (QED) is 0.736. The van der Waals surface area contributed by atoms with E-state index in [0.29, 0.717) is 31.5 Å². The van der Waals surface area contributed by atoms with E-state index in [1.165, 1.54) is 0 Å². The number of nitrogens with zero attached hydrogens (tertiary/aromatic N) is 4. The van der Waals surface area contributed by atoms with Crippen molar-refractivity contribution in [3.05, 3.63) is 23.4 Å². The van der Waals surface area contributed by atoms with Gasteiger partial charge in [-0.3, -0.25) is 0 Å². The second-order valence-corrected chi connectivity index (χ2v) is 5.48. The zero-order valence-electron chi connectivity index (χ0n) is 11.9. The normalized spacial score (nSPS) is 23.5. The Kier molecular flexibility index (Phi) is 4.19. The average Bonchev–Trinajstić information content (AvgIpc) is 3.07. The van der Waals surface area contributed by atoms with Gasteiger partial charge in [0.1, 0.15) is 36.3 Å². The standard InChI is InChI=1S/C13H17ClN6O2/c14-10-2-1-3-11(19-10)20(4-8-6-21-12(15)17-8)5-9-7-22-13(16)18-9/h1-3,8-9H,4-7H2,(H2,15,17)(H2,16,18)/t8-,9-/m0/s1. The maximum absolute atomic E-state index is 5.99. The minimum absolute atomic E-state index is 0.0515. The molecule has 0 unspecified atom stereocenters. The monoisotopic (exact) mass is 324 g/mol. The predicted molar refractivity (Wildman–Crippen MR) is 84.2 cm³/mol. The summed E-state index contributed by atoms with van der Waals surface area (Å²) >= 11 is 5.99. The third-order valence-corrected chi connectivity index (χ3v) is 3.56. The van der Waals surface area contributed by atoms with Crippen LogP contribution in [0.3, 0.4) is 0 Å². The fourth-order valence-corrected chi connectivity index (χ4v) is 2.56. The second-order valence-electron chi connectivity index (χ2n) is 5.09. The first-order chi connectivity index (χ1) is 10.6. The van der Waals surface area contributed by atoms with Crippen molar-refractivity contribution in [1.82, 2.24) is 4.98 Å². The minimum atomic E-state index is -0.0515. The van der Waals surface area contributed by atoms with Gasteiger partial charge in [0.25, 0.3) is 12.0 Å². The fourth-order valence-electron chi connectivity index (χ4n) is 2.40. The molecule has 4 N–H and O–H groups in total. The van der Waals surface area contributed by atoms with Crippen LogP contribution in [0.1, 0.15) is 0 Å². The second kappa shape index (κ2) is 6.27. The molecule has 1 aromatic rings. The molecule has 0 aliphatic carbocycles. The summed E-state index contributed by atoms with van der Waals surface area (Å²) in [5.41, 5.74) is 11.1. The van der Waals surface area contributed by atoms with E-state index >= 15 is 0 Å². The molecule has 2 aliphatic rings. The average molecular weight is 325 g/mol. The molecular formula is C13H17ClN6O2. The van der Waals surface area contributed by atoms with Crippen molar-refractivity contribution in [3.8, 4) is 0 Å². The predicted octanol–water partition coefficient (Wildman–Crippen LogP) is -0.0316. The lowest BCUT2D eigenvalue weighted by atomic mass is 10.2. The van der Waals surface area contributed by atoms with Gasteiger partial charge in [0, 0.05) is 13.1 Å². The smallest absolute Gasteiger partial charge is 0.282 e. The molecule has 2 aliphatic heterocycles. The van der Waals surface area contributed by atoms with E-state index < -0.39 is 0 Å². The molecule has 0 fully saturated rings. The van der Waals surface area contributed by atoms with Crippen molar-refractivity contribution in [3.63, 3.8) is 0 Å². The SMILES string of the molecule is NC1=N[C@@H](CN(C[C@H]2COC(N)=N2)c2cccc(Cl)n2)CO1. The molecule has 0 saturated heterocycles. The largest absolute Gasteiger partial charge is 0.463 e. The van der Waals surface area contributed by atoms with Crippen LogP contribution in [0.15, 0.2) is 28.2 Å². The van der Waals surface area contributed by atoms with Crippen LogP contribution in [-0.2, 0) is 9.47 Å². The number of aromatic nitrogens is 1. The molecule has 1 aromatic heterocycles. The van der Waals surface area contributed by atoms with E-state index in [1.807, 2.05) is 17.0 Å². The molecule has 3 heterocycles. The minimum Gasteiger partial charge on any atom is -0.463 e. The molecule has 0 amide bonds. The number of pyridine rings is 1. The Hall–Kier alpha value is -2.22. The first-order valence-electron chi connectivity index (χ1n) is 6.90. The van der Waals surface area contributed by atoms with Crippen LogP contribution < -0.4 is 16.4 Å². The molecular weight excluding hydrogens is 308 g/mol.